The van der Waals surface area contributed by atoms with Crippen LogP contribution in [0.3, 0.4) is 0 Å². The number of carbonyl (C=O) groups is 1. The number of Topliss-reactive ketones (excluding diaryl/α,β-unsaturated/α-hetero) is 1. The molecule has 0 aliphatic carbocycles. The van der Waals surface area contributed by atoms with E-state index in [1.54, 1.807) is 12.3 Å². The fourth-order valence-corrected chi connectivity index (χ4v) is 4.01. The number of fused-ring (bicyclic) bond motifs is 1. The Morgan fingerprint density at radius 1 is 1.17 bits per heavy atom. The van der Waals surface area contributed by atoms with Gasteiger partial charge in [0.15, 0.2) is 5.78 Å². The molecule has 2 aliphatic heterocycles. The van der Waals surface area contributed by atoms with Gasteiger partial charge in [0, 0.05) is 18.3 Å². The first-order valence-electron chi connectivity index (χ1n) is 10.9. The van der Waals surface area contributed by atoms with Crippen molar-refractivity contribution in [3.63, 3.8) is 0 Å². The highest BCUT2D eigenvalue weighted by molar-refractivity contribution is 6.16. The summed E-state index contributed by atoms with van der Waals surface area (Å²) in [5, 5.41) is 6.91. The van der Waals surface area contributed by atoms with Crippen molar-refractivity contribution in [3.8, 4) is 5.75 Å². The Hall–Kier alpha value is -2.57. The highest BCUT2D eigenvalue weighted by Gasteiger charge is 2.23. The van der Waals surface area contributed by atoms with Gasteiger partial charge in [-0.25, -0.2) is 0 Å². The lowest BCUT2D eigenvalue weighted by molar-refractivity contribution is 0.0998. The Labute approximate surface area is 178 Å². The van der Waals surface area contributed by atoms with Gasteiger partial charge < -0.3 is 15.4 Å². The molecule has 3 heterocycles. The first-order chi connectivity index (χ1) is 14.7. The number of carbonyl (C=O) groups excluding carboxylic acids is 1. The molecule has 2 aliphatic rings. The van der Waals surface area contributed by atoms with Crippen LogP contribution in [0.15, 0.2) is 41.5 Å². The van der Waals surface area contributed by atoms with Crippen molar-refractivity contribution < 1.29 is 9.53 Å². The minimum Gasteiger partial charge on any atom is -0.488 e. The van der Waals surface area contributed by atoms with Gasteiger partial charge in [0.05, 0.1) is 23.5 Å². The molecule has 0 spiro atoms. The molecule has 2 aromatic rings. The van der Waals surface area contributed by atoms with Crippen LogP contribution in [0.5, 0.6) is 5.75 Å². The average Bonchev–Trinajstić information content (AvgIpc) is 2.79. The Kier molecular flexibility index (Phi) is 6.87. The molecular weight excluding hydrogens is 376 g/mol. The number of nitrogens with zero attached hydrogens (tertiary/aromatic N) is 2. The largest absolute Gasteiger partial charge is 0.488 e. The van der Waals surface area contributed by atoms with E-state index < -0.39 is 0 Å². The molecule has 158 valence electrons. The second kappa shape index (κ2) is 9.96. The summed E-state index contributed by atoms with van der Waals surface area (Å²) < 4.78 is 5.88. The molecule has 0 amide bonds. The zero-order chi connectivity index (χ0) is 20.8. The summed E-state index contributed by atoms with van der Waals surface area (Å²) >= 11 is 0. The van der Waals surface area contributed by atoms with Crippen LogP contribution in [-0.4, -0.2) is 42.7 Å². The minimum absolute atomic E-state index is 0.0851. The maximum absolute atomic E-state index is 12.7. The van der Waals surface area contributed by atoms with E-state index in [4.69, 9.17) is 9.73 Å². The van der Waals surface area contributed by atoms with Gasteiger partial charge in [0.25, 0.3) is 0 Å². The van der Waals surface area contributed by atoms with Gasteiger partial charge >= 0.3 is 0 Å². The minimum atomic E-state index is 0.0851. The molecular formula is C24H30N4O2. The van der Waals surface area contributed by atoms with Crippen LogP contribution in [0, 0.1) is 5.92 Å². The molecule has 30 heavy (non-hydrogen) atoms. The van der Waals surface area contributed by atoms with Crippen molar-refractivity contribution in [2.24, 2.45) is 10.9 Å². The van der Waals surface area contributed by atoms with Crippen molar-refractivity contribution >= 4 is 17.2 Å². The number of hydrogen-bond donors (Lipinski definition) is 2. The van der Waals surface area contributed by atoms with Crippen molar-refractivity contribution in [3.05, 3.63) is 53.3 Å². The van der Waals surface area contributed by atoms with Gasteiger partial charge in [-0.05, 0) is 68.6 Å². The summed E-state index contributed by atoms with van der Waals surface area (Å²) in [6, 6.07) is 9.84. The molecule has 0 saturated carbocycles. The number of aryl methyl sites for hydroxylation is 1. The number of ketones is 1. The van der Waals surface area contributed by atoms with Gasteiger partial charge in [-0.2, -0.15) is 0 Å². The highest BCUT2D eigenvalue weighted by atomic mass is 16.5. The fourth-order valence-electron chi connectivity index (χ4n) is 4.01. The topological polar surface area (TPSA) is 75.6 Å². The summed E-state index contributed by atoms with van der Waals surface area (Å²) in [5.74, 6) is 1.57. The monoisotopic (exact) mass is 406 g/mol. The third-order valence-corrected chi connectivity index (χ3v) is 5.86. The molecule has 0 atom stereocenters. The van der Waals surface area contributed by atoms with E-state index in [1.165, 1.54) is 18.4 Å². The van der Waals surface area contributed by atoms with Gasteiger partial charge in [-0.3, -0.25) is 14.8 Å². The molecule has 1 fully saturated rings. The van der Waals surface area contributed by atoms with Crippen molar-refractivity contribution in [1.29, 1.82) is 0 Å². The first-order valence-corrected chi connectivity index (χ1v) is 10.9. The lowest BCUT2D eigenvalue weighted by atomic mass is 9.98. The van der Waals surface area contributed by atoms with Crippen molar-refractivity contribution in [2.45, 2.75) is 39.2 Å². The SMILES string of the molecule is CCc1ccc(OCC2=Nc3c(ccnc3CNCC3CCNCC3)C(=O)C2)cc1. The van der Waals surface area contributed by atoms with Crippen LogP contribution >= 0.6 is 0 Å². The average molecular weight is 407 g/mol. The number of aliphatic imine (C=N–C) groups is 1. The summed E-state index contributed by atoms with van der Waals surface area (Å²) in [7, 11) is 0. The van der Waals surface area contributed by atoms with Gasteiger partial charge in [0.2, 0.25) is 0 Å². The van der Waals surface area contributed by atoms with Crippen molar-refractivity contribution in [1.82, 2.24) is 15.6 Å². The molecule has 1 aromatic heterocycles. The van der Waals surface area contributed by atoms with Crippen LogP contribution in [0.4, 0.5) is 5.69 Å². The number of aromatic nitrogens is 1. The Morgan fingerprint density at radius 3 is 2.73 bits per heavy atom. The third-order valence-electron chi connectivity index (χ3n) is 5.86. The number of piperidine rings is 1. The van der Waals surface area contributed by atoms with E-state index in [2.05, 4.69) is 34.7 Å². The number of pyridine rings is 1. The maximum Gasteiger partial charge on any atom is 0.170 e. The maximum atomic E-state index is 12.7. The fraction of sp³-hybridized carbons (Fsp3) is 0.458. The quantitative estimate of drug-likeness (QED) is 0.702. The molecule has 2 N–H and O–H groups in total. The number of nitrogens with one attached hydrogen (secondary N) is 2. The predicted molar refractivity (Wildman–Crippen MR) is 119 cm³/mol. The van der Waals surface area contributed by atoms with Crippen LogP contribution in [0.2, 0.25) is 0 Å². The molecule has 4 rings (SSSR count). The second-order valence-corrected chi connectivity index (χ2v) is 8.04. The molecule has 1 aromatic carbocycles. The zero-order valence-corrected chi connectivity index (χ0v) is 17.6. The lowest BCUT2D eigenvalue weighted by Crippen LogP contribution is -2.33. The lowest BCUT2D eigenvalue weighted by Gasteiger charge is -2.23. The standard InChI is InChI=1S/C24H30N4O2/c1-2-17-3-5-20(6-4-17)30-16-19-13-23(29)21-9-12-27-22(24(21)28-19)15-26-14-18-7-10-25-11-8-18/h3-6,9,12,18,25-26H,2,7-8,10-11,13-16H2,1H3. The van der Waals surface area contributed by atoms with Crippen molar-refractivity contribution in [2.75, 3.05) is 26.2 Å². The van der Waals surface area contributed by atoms with Crippen LogP contribution < -0.4 is 15.4 Å². The van der Waals surface area contributed by atoms with E-state index >= 15 is 0 Å². The van der Waals surface area contributed by atoms with Crippen LogP contribution in [0.1, 0.15) is 47.8 Å². The molecule has 0 bridgehead atoms. The van der Waals surface area contributed by atoms with E-state index in [-0.39, 0.29) is 5.78 Å². The van der Waals surface area contributed by atoms with Crippen LogP contribution in [-0.2, 0) is 13.0 Å². The number of rotatable bonds is 8. The summed E-state index contributed by atoms with van der Waals surface area (Å²) in [6.07, 6.45) is 5.41. The molecule has 6 nitrogen and oxygen atoms in total. The van der Waals surface area contributed by atoms with Gasteiger partial charge in [0.1, 0.15) is 12.4 Å². The predicted octanol–water partition coefficient (Wildman–Crippen LogP) is 3.47. The smallest absolute Gasteiger partial charge is 0.170 e. The molecule has 0 radical (unpaired) electrons. The normalized spacial score (nSPS) is 16.8. The van der Waals surface area contributed by atoms with Gasteiger partial charge in [-0.15, -0.1) is 0 Å². The number of benzene rings is 1. The highest BCUT2D eigenvalue weighted by Crippen LogP contribution is 2.29. The Balaban J connectivity index is 1.41. The van der Waals surface area contributed by atoms with E-state index in [9.17, 15) is 4.79 Å². The summed E-state index contributed by atoms with van der Waals surface area (Å²) in [4.78, 5) is 21.9. The molecule has 6 heteroatoms. The zero-order valence-electron chi connectivity index (χ0n) is 17.6. The molecule has 1 saturated heterocycles. The Morgan fingerprint density at radius 2 is 1.97 bits per heavy atom. The molecule has 0 unspecified atom stereocenters. The van der Waals surface area contributed by atoms with E-state index in [1.807, 2.05) is 12.1 Å². The number of ether oxygens (including phenoxy) is 1. The van der Waals surface area contributed by atoms with Crippen LogP contribution in [0.25, 0.3) is 0 Å². The van der Waals surface area contributed by atoms with Gasteiger partial charge in [-0.1, -0.05) is 19.1 Å². The Bertz CT molecular complexity index is 902. The van der Waals surface area contributed by atoms with E-state index in [0.29, 0.717) is 36.7 Å². The number of hydrogen-bond acceptors (Lipinski definition) is 6. The summed E-state index contributed by atoms with van der Waals surface area (Å²) in [6.45, 7) is 6.21. The first kappa shape index (κ1) is 20.7. The summed E-state index contributed by atoms with van der Waals surface area (Å²) in [5.41, 5.74) is 4.22. The third kappa shape index (κ3) is 5.12. The second-order valence-electron chi connectivity index (χ2n) is 8.04. The van der Waals surface area contributed by atoms with E-state index in [0.717, 1.165) is 43.2 Å².